The Balaban J connectivity index is 2.06. The van der Waals surface area contributed by atoms with Gasteiger partial charge in [-0.25, -0.2) is 9.59 Å². The number of benzene rings is 2. The number of ether oxygens (including phenoxy) is 1. The first-order valence-corrected chi connectivity index (χ1v) is 9.28. The van der Waals surface area contributed by atoms with E-state index in [9.17, 15) is 19.8 Å². The molecule has 29 heavy (non-hydrogen) atoms. The van der Waals surface area contributed by atoms with Gasteiger partial charge in [-0.1, -0.05) is 41.9 Å². The lowest BCUT2D eigenvalue weighted by molar-refractivity contribution is -0.133. The first-order valence-electron chi connectivity index (χ1n) is 8.91. The van der Waals surface area contributed by atoms with Gasteiger partial charge in [-0.2, -0.15) is 0 Å². The van der Waals surface area contributed by atoms with Crippen molar-refractivity contribution in [2.24, 2.45) is 0 Å². The Morgan fingerprint density at radius 2 is 1.62 bits per heavy atom. The molecule has 0 atom stereocenters. The summed E-state index contributed by atoms with van der Waals surface area (Å²) in [7, 11) is 0. The minimum Gasteiger partial charge on any atom is -0.489 e. The highest BCUT2D eigenvalue weighted by molar-refractivity contribution is 6.30. The van der Waals surface area contributed by atoms with Gasteiger partial charge in [-0.3, -0.25) is 0 Å². The number of dihydropyridines is 1. The molecule has 0 aromatic heterocycles. The van der Waals surface area contributed by atoms with Crippen molar-refractivity contribution < 1.29 is 24.5 Å². The molecule has 0 spiro atoms. The molecule has 0 radical (unpaired) electrons. The third-order valence-electron chi connectivity index (χ3n) is 4.73. The number of para-hydroxylation sites is 1. The average molecular weight is 414 g/mol. The van der Waals surface area contributed by atoms with Crippen LogP contribution >= 0.6 is 11.6 Å². The van der Waals surface area contributed by atoms with E-state index >= 15 is 0 Å². The van der Waals surface area contributed by atoms with Crippen molar-refractivity contribution in [2.75, 3.05) is 0 Å². The monoisotopic (exact) mass is 413 g/mol. The van der Waals surface area contributed by atoms with Crippen LogP contribution in [0.5, 0.6) is 5.75 Å². The van der Waals surface area contributed by atoms with Crippen molar-refractivity contribution in [1.82, 2.24) is 5.32 Å². The predicted molar refractivity (Wildman–Crippen MR) is 109 cm³/mol. The molecule has 1 aliphatic heterocycles. The lowest BCUT2D eigenvalue weighted by atomic mass is 9.80. The summed E-state index contributed by atoms with van der Waals surface area (Å²) in [6, 6.07) is 14.1. The summed E-state index contributed by atoms with van der Waals surface area (Å²) in [6.07, 6.45) is 0. The Hall–Kier alpha value is -3.25. The second kappa shape index (κ2) is 8.41. The maximum absolute atomic E-state index is 12.0. The van der Waals surface area contributed by atoms with Crippen LogP contribution in [0.1, 0.15) is 30.9 Å². The van der Waals surface area contributed by atoms with Gasteiger partial charge in [0.05, 0.1) is 17.1 Å². The van der Waals surface area contributed by atoms with Crippen molar-refractivity contribution in [3.05, 3.63) is 87.2 Å². The number of carboxylic acids is 2. The van der Waals surface area contributed by atoms with Crippen LogP contribution in [-0.2, 0) is 16.2 Å². The van der Waals surface area contributed by atoms with Gasteiger partial charge in [0, 0.05) is 22.0 Å². The number of carbonyl (C=O) groups is 2. The normalized spacial score (nSPS) is 14.6. The number of aliphatic carboxylic acids is 2. The largest absolute Gasteiger partial charge is 0.489 e. The van der Waals surface area contributed by atoms with E-state index in [1.807, 2.05) is 12.1 Å². The SMILES string of the molecule is CC1=C(C(=O)O)C(c2ccccc2OCc2cccc(Cl)c2)C(C(=O)O)=C(C)N1. The minimum absolute atomic E-state index is 0.0215. The van der Waals surface area contributed by atoms with E-state index in [2.05, 4.69) is 5.32 Å². The number of halogens is 1. The van der Waals surface area contributed by atoms with E-state index in [4.69, 9.17) is 16.3 Å². The molecule has 7 heteroatoms. The molecule has 0 saturated carbocycles. The van der Waals surface area contributed by atoms with Crippen LogP contribution in [0.4, 0.5) is 0 Å². The fourth-order valence-corrected chi connectivity index (χ4v) is 3.72. The van der Waals surface area contributed by atoms with E-state index in [0.717, 1.165) is 5.56 Å². The summed E-state index contributed by atoms with van der Waals surface area (Å²) >= 11 is 6.01. The smallest absolute Gasteiger partial charge is 0.334 e. The highest BCUT2D eigenvalue weighted by atomic mass is 35.5. The molecule has 0 amide bonds. The Labute approximate surface area is 173 Å². The minimum atomic E-state index is -1.18. The number of nitrogens with one attached hydrogen (secondary N) is 1. The quantitative estimate of drug-likeness (QED) is 0.652. The molecule has 2 aromatic rings. The molecule has 1 heterocycles. The number of allylic oxidation sites excluding steroid dienone is 2. The van der Waals surface area contributed by atoms with Crippen molar-refractivity contribution in [1.29, 1.82) is 0 Å². The third kappa shape index (κ3) is 4.27. The molecule has 0 bridgehead atoms. The van der Waals surface area contributed by atoms with Gasteiger partial charge < -0.3 is 20.3 Å². The maximum atomic E-state index is 12.0. The molecule has 6 nitrogen and oxygen atoms in total. The standard InChI is InChI=1S/C22H20ClNO5/c1-12-18(21(25)26)20(19(22(27)28)13(2)24-12)16-8-3-4-9-17(16)29-11-14-6-5-7-15(23)10-14/h3-10,20,24H,11H2,1-2H3,(H,25,26)(H,27,28). The van der Waals surface area contributed by atoms with Crippen LogP contribution in [0.15, 0.2) is 71.1 Å². The Bertz CT molecular complexity index is 1010. The summed E-state index contributed by atoms with van der Waals surface area (Å²) < 4.78 is 5.95. The topological polar surface area (TPSA) is 95.9 Å². The van der Waals surface area contributed by atoms with Crippen molar-refractivity contribution >= 4 is 23.5 Å². The molecule has 0 fully saturated rings. The Morgan fingerprint density at radius 1 is 1.00 bits per heavy atom. The van der Waals surface area contributed by atoms with Crippen LogP contribution in [-0.4, -0.2) is 22.2 Å². The number of hydrogen-bond donors (Lipinski definition) is 3. The first kappa shape index (κ1) is 20.5. The third-order valence-corrected chi connectivity index (χ3v) is 4.97. The van der Waals surface area contributed by atoms with Gasteiger partial charge in [-0.05, 0) is 37.6 Å². The average Bonchev–Trinajstić information content (AvgIpc) is 2.65. The van der Waals surface area contributed by atoms with E-state index in [-0.39, 0.29) is 17.8 Å². The lowest BCUT2D eigenvalue weighted by Gasteiger charge is -2.29. The van der Waals surface area contributed by atoms with Gasteiger partial charge in [-0.15, -0.1) is 0 Å². The van der Waals surface area contributed by atoms with Gasteiger partial charge in [0.1, 0.15) is 12.4 Å². The molecule has 0 unspecified atom stereocenters. The fourth-order valence-electron chi connectivity index (χ4n) is 3.51. The summed E-state index contributed by atoms with van der Waals surface area (Å²) in [5.74, 6) is -2.92. The molecule has 3 rings (SSSR count). The van der Waals surface area contributed by atoms with Crippen LogP contribution < -0.4 is 10.1 Å². The molecule has 150 valence electrons. The fraction of sp³-hybridized carbons (Fsp3) is 0.182. The highest BCUT2D eigenvalue weighted by Gasteiger charge is 2.37. The highest BCUT2D eigenvalue weighted by Crippen LogP contribution is 2.42. The molecule has 2 aromatic carbocycles. The van der Waals surface area contributed by atoms with Crippen LogP contribution in [0.2, 0.25) is 5.02 Å². The lowest BCUT2D eigenvalue weighted by Crippen LogP contribution is -2.31. The summed E-state index contributed by atoms with van der Waals surface area (Å²) in [4.78, 5) is 24.0. The zero-order valence-corrected chi connectivity index (χ0v) is 16.7. The summed E-state index contributed by atoms with van der Waals surface area (Å²) in [5.41, 5.74) is 2.07. The second-order valence-electron chi connectivity index (χ2n) is 6.70. The molecular formula is C22H20ClNO5. The summed E-state index contributed by atoms with van der Waals surface area (Å²) in [5, 5.41) is 23.0. The van der Waals surface area contributed by atoms with Crippen LogP contribution in [0.25, 0.3) is 0 Å². The predicted octanol–water partition coefficient (Wildman–Crippen LogP) is 4.32. The molecular weight excluding hydrogens is 394 g/mol. The zero-order valence-electron chi connectivity index (χ0n) is 15.9. The zero-order chi connectivity index (χ0) is 21.1. The van der Waals surface area contributed by atoms with Crippen molar-refractivity contribution in [2.45, 2.75) is 26.4 Å². The van der Waals surface area contributed by atoms with Crippen molar-refractivity contribution in [3.63, 3.8) is 0 Å². The van der Waals surface area contributed by atoms with Crippen LogP contribution in [0, 0.1) is 0 Å². The molecule has 1 aliphatic rings. The first-order chi connectivity index (χ1) is 13.8. The van der Waals surface area contributed by atoms with Gasteiger partial charge in [0.15, 0.2) is 0 Å². The Kier molecular flexibility index (Phi) is 5.94. The van der Waals surface area contributed by atoms with Gasteiger partial charge in [0.2, 0.25) is 0 Å². The van der Waals surface area contributed by atoms with E-state index < -0.39 is 17.9 Å². The van der Waals surface area contributed by atoms with E-state index in [1.54, 1.807) is 50.2 Å². The van der Waals surface area contributed by atoms with Crippen LogP contribution in [0.3, 0.4) is 0 Å². The van der Waals surface area contributed by atoms with Gasteiger partial charge in [0.25, 0.3) is 0 Å². The Morgan fingerprint density at radius 3 is 2.21 bits per heavy atom. The van der Waals surface area contributed by atoms with Crippen molar-refractivity contribution in [3.8, 4) is 5.75 Å². The molecule has 3 N–H and O–H groups in total. The molecule has 0 saturated heterocycles. The summed E-state index contributed by atoms with van der Waals surface area (Å²) in [6.45, 7) is 3.45. The second-order valence-corrected chi connectivity index (χ2v) is 7.14. The maximum Gasteiger partial charge on any atom is 0.334 e. The number of hydrogen-bond acceptors (Lipinski definition) is 4. The molecule has 0 aliphatic carbocycles. The van der Waals surface area contributed by atoms with Gasteiger partial charge >= 0.3 is 11.9 Å². The van der Waals surface area contributed by atoms with E-state index in [0.29, 0.717) is 27.7 Å². The number of carboxylic acid groups (broad SMARTS) is 2. The van der Waals surface area contributed by atoms with E-state index in [1.165, 1.54) is 0 Å². The number of rotatable bonds is 6.